The first-order chi connectivity index (χ1) is 8.85. The second-order valence-electron chi connectivity index (χ2n) is 3.44. The molecule has 0 bridgehead atoms. The third-order valence-electron chi connectivity index (χ3n) is 2.32. The second kappa shape index (κ2) is 6.42. The van der Waals surface area contributed by atoms with Gasteiger partial charge in [-0.3, -0.25) is 4.57 Å². The summed E-state index contributed by atoms with van der Waals surface area (Å²) in [6.45, 7) is 2.66. The minimum Gasteiger partial charge on any atom is -0.497 e. The fraction of sp³-hybridized carbons (Fsp3) is 0.333. The van der Waals surface area contributed by atoms with Crippen molar-refractivity contribution in [2.24, 2.45) is 0 Å². The third kappa shape index (κ3) is 3.02. The number of hydrogen-bond donors (Lipinski definition) is 0. The van der Waals surface area contributed by atoms with E-state index in [1.165, 1.54) is 11.8 Å². The van der Waals surface area contributed by atoms with Gasteiger partial charge in [0.05, 0.1) is 18.7 Å². The maximum Gasteiger partial charge on any atom is 0.197 e. The summed E-state index contributed by atoms with van der Waals surface area (Å²) in [6.07, 6.45) is 1.68. The smallest absolute Gasteiger partial charge is 0.197 e. The Hall–Kier alpha value is -1.53. The van der Waals surface area contributed by atoms with Gasteiger partial charge in [-0.1, -0.05) is 17.8 Å². The van der Waals surface area contributed by atoms with Gasteiger partial charge >= 0.3 is 0 Å². The van der Waals surface area contributed by atoms with E-state index in [0.29, 0.717) is 12.5 Å². The van der Waals surface area contributed by atoms with Crippen LogP contribution in [-0.2, 0) is 4.74 Å². The summed E-state index contributed by atoms with van der Waals surface area (Å²) in [4.78, 5) is 0. The summed E-state index contributed by atoms with van der Waals surface area (Å²) in [5.41, 5.74) is 0.971. The predicted molar refractivity (Wildman–Crippen MR) is 70.3 cm³/mol. The van der Waals surface area contributed by atoms with Crippen molar-refractivity contribution >= 4 is 11.8 Å². The fourth-order valence-corrected chi connectivity index (χ4v) is 2.19. The molecule has 18 heavy (non-hydrogen) atoms. The molecule has 5 nitrogen and oxygen atoms in total. The van der Waals surface area contributed by atoms with Crippen LogP contribution in [0.15, 0.2) is 35.7 Å². The van der Waals surface area contributed by atoms with Crippen LogP contribution >= 0.6 is 11.8 Å². The van der Waals surface area contributed by atoms with Gasteiger partial charge in [-0.15, -0.1) is 10.2 Å². The van der Waals surface area contributed by atoms with Crippen LogP contribution in [0.25, 0.3) is 5.69 Å². The van der Waals surface area contributed by atoms with Gasteiger partial charge in [0.2, 0.25) is 0 Å². The third-order valence-corrected chi connectivity index (χ3v) is 3.14. The molecule has 0 aliphatic carbocycles. The summed E-state index contributed by atoms with van der Waals surface area (Å²) in [5.74, 6) is 1.38. The number of thioether (sulfide) groups is 1. The highest BCUT2D eigenvalue weighted by Crippen LogP contribution is 2.22. The molecule has 1 aromatic carbocycles. The van der Waals surface area contributed by atoms with Crippen molar-refractivity contribution in [1.82, 2.24) is 14.8 Å². The molecule has 0 saturated carbocycles. The van der Waals surface area contributed by atoms with Crippen LogP contribution < -0.4 is 4.74 Å². The first kappa shape index (κ1) is 12.9. The van der Waals surface area contributed by atoms with Crippen molar-refractivity contribution in [3.05, 3.63) is 30.6 Å². The van der Waals surface area contributed by atoms with Crippen molar-refractivity contribution in [2.75, 3.05) is 19.7 Å². The molecule has 1 heterocycles. The maximum absolute atomic E-state index is 5.30. The Morgan fingerprint density at radius 1 is 1.39 bits per heavy atom. The Morgan fingerprint density at radius 3 is 3.06 bits per heavy atom. The average Bonchev–Trinajstić information content (AvgIpc) is 2.87. The topological polar surface area (TPSA) is 49.2 Å². The Kier molecular flexibility index (Phi) is 4.60. The van der Waals surface area contributed by atoms with Gasteiger partial charge in [0.25, 0.3) is 0 Å². The highest BCUT2D eigenvalue weighted by Gasteiger charge is 2.07. The van der Waals surface area contributed by atoms with E-state index < -0.39 is 0 Å². The lowest BCUT2D eigenvalue weighted by atomic mass is 10.3. The number of rotatable bonds is 6. The molecule has 6 heteroatoms. The minimum atomic E-state index is 0.569. The van der Waals surface area contributed by atoms with E-state index in [1.807, 2.05) is 35.8 Å². The maximum atomic E-state index is 5.30. The standard InChI is InChI=1S/C12H15N3O2S/c1-3-17-9-18-12-14-13-8-15(12)10-5-4-6-11(7-10)16-2/h4-8H,3,9H2,1-2H3. The molecule has 0 unspecified atom stereocenters. The van der Waals surface area contributed by atoms with Crippen molar-refractivity contribution in [3.63, 3.8) is 0 Å². The average molecular weight is 265 g/mol. The zero-order valence-corrected chi connectivity index (χ0v) is 11.2. The Morgan fingerprint density at radius 2 is 2.28 bits per heavy atom. The molecule has 2 rings (SSSR count). The molecule has 1 aromatic heterocycles. The van der Waals surface area contributed by atoms with Crippen molar-refractivity contribution in [3.8, 4) is 11.4 Å². The molecule has 0 aliphatic heterocycles. The van der Waals surface area contributed by atoms with E-state index in [0.717, 1.165) is 16.6 Å². The number of hydrogen-bond acceptors (Lipinski definition) is 5. The Balaban J connectivity index is 2.19. The largest absolute Gasteiger partial charge is 0.497 e. The second-order valence-corrected chi connectivity index (χ2v) is 4.33. The number of methoxy groups -OCH3 is 1. The molecule has 0 fully saturated rings. The van der Waals surface area contributed by atoms with Crippen LogP contribution in [0.5, 0.6) is 5.75 Å². The monoisotopic (exact) mass is 265 g/mol. The molecule has 0 amide bonds. The van der Waals surface area contributed by atoms with Crippen molar-refractivity contribution < 1.29 is 9.47 Å². The fourth-order valence-electron chi connectivity index (χ4n) is 1.44. The molecule has 0 aliphatic rings. The lowest BCUT2D eigenvalue weighted by Gasteiger charge is -2.07. The van der Waals surface area contributed by atoms with Gasteiger partial charge in [0, 0.05) is 12.7 Å². The SMILES string of the molecule is CCOCSc1nncn1-c1cccc(OC)c1. The molecule has 2 aromatic rings. The van der Waals surface area contributed by atoms with Crippen LogP contribution in [0.2, 0.25) is 0 Å². The molecule has 0 atom stereocenters. The first-order valence-corrected chi connectivity index (χ1v) is 6.58. The highest BCUT2D eigenvalue weighted by atomic mass is 32.2. The Bertz CT molecular complexity index is 502. The normalized spacial score (nSPS) is 10.6. The van der Waals surface area contributed by atoms with Crippen molar-refractivity contribution in [1.29, 1.82) is 0 Å². The first-order valence-electron chi connectivity index (χ1n) is 5.60. The summed E-state index contributed by atoms with van der Waals surface area (Å²) in [6, 6.07) is 7.76. The molecule has 0 spiro atoms. The van der Waals surface area contributed by atoms with Gasteiger partial charge in [0.15, 0.2) is 5.16 Å². The lowest BCUT2D eigenvalue weighted by molar-refractivity contribution is 0.199. The summed E-state index contributed by atoms with van der Waals surface area (Å²) in [5, 5.41) is 8.81. The molecular weight excluding hydrogens is 250 g/mol. The quantitative estimate of drug-likeness (QED) is 0.456. The van der Waals surface area contributed by atoms with E-state index in [4.69, 9.17) is 9.47 Å². The van der Waals surface area contributed by atoms with E-state index in [1.54, 1.807) is 13.4 Å². The van der Waals surface area contributed by atoms with Gasteiger partial charge in [-0.05, 0) is 19.1 Å². The van der Waals surface area contributed by atoms with Gasteiger partial charge < -0.3 is 9.47 Å². The molecule has 0 radical (unpaired) electrons. The summed E-state index contributed by atoms with van der Waals surface area (Å²) >= 11 is 1.51. The van der Waals surface area contributed by atoms with E-state index >= 15 is 0 Å². The number of aromatic nitrogens is 3. The van der Waals surface area contributed by atoms with Gasteiger partial charge in [0.1, 0.15) is 12.1 Å². The van der Waals surface area contributed by atoms with Crippen LogP contribution in [0.1, 0.15) is 6.92 Å². The number of nitrogens with zero attached hydrogens (tertiary/aromatic N) is 3. The molecule has 96 valence electrons. The lowest BCUT2D eigenvalue weighted by Crippen LogP contribution is -1.97. The van der Waals surface area contributed by atoms with E-state index in [2.05, 4.69) is 10.2 Å². The van der Waals surface area contributed by atoms with Crippen LogP contribution in [0.3, 0.4) is 0 Å². The van der Waals surface area contributed by atoms with E-state index in [-0.39, 0.29) is 0 Å². The van der Waals surface area contributed by atoms with Crippen LogP contribution in [0.4, 0.5) is 0 Å². The van der Waals surface area contributed by atoms with E-state index in [9.17, 15) is 0 Å². The van der Waals surface area contributed by atoms with Crippen molar-refractivity contribution in [2.45, 2.75) is 12.1 Å². The highest BCUT2D eigenvalue weighted by molar-refractivity contribution is 7.99. The Labute approximate surface area is 110 Å². The van der Waals surface area contributed by atoms with Gasteiger partial charge in [-0.25, -0.2) is 0 Å². The molecule has 0 saturated heterocycles. The molecule has 0 N–H and O–H groups in total. The minimum absolute atomic E-state index is 0.569. The number of benzene rings is 1. The predicted octanol–water partition coefficient (Wildman–Crippen LogP) is 2.36. The number of ether oxygens (including phenoxy) is 2. The summed E-state index contributed by atoms with van der Waals surface area (Å²) < 4.78 is 12.4. The van der Waals surface area contributed by atoms with Crippen LogP contribution in [0, 0.1) is 0 Å². The van der Waals surface area contributed by atoms with Crippen LogP contribution in [-0.4, -0.2) is 34.4 Å². The zero-order chi connectivity index (χ0) is 12.8. The van der Waals surface area contributed by atoms with Gasteiger partial charge in [-0.2, -0.15) is 0 Å². The molecular formula is C12H15N3O2S. The zero-order valence-electron chi connectivity index (χ0n) is 10.4. The summed E-state index contributed by atoms with van der Waals surface area (Å²) in [7, 11) is 1.65.